The van der Waals surface area contributed by atoms with E-state index in [4.69, 9.17) is 13.9 Å². The second-order valence-electron chi connectivity index (χ2n) is 7.05. The van der Waals surface area contributed by atoms with Crippen molar-refractivity contribution in [2.75, 3.05) is 38.7 Å². The molecule has 1 amide bonds. The number of aromatic nitrogens is 2. The van der Waals surface area contributed by atoms with Gasteiger partial charge in [-0.05, 0) is 29.6 Å². The first kappa shape index (κ1) is 23.2. The molecule has 1 aromatic carbocycles. The number of anilines is 1. The number of morpholine rings is 1. The van der Waals surface area contributed by atoms with Crippen molar-refractivity contribution in [2.45, 2.75) is 17.9 Å². The van der Waals surface area contributed by atoms with Crippen LogP contribution in [0.4, 0.5) is 5.69 Å². The van der Waals surface area contributed by atoms with Gasteiger partial charge in [-0.3, -0.25) is 4.79 Å². The van der Waals surface area contributed by atoms with E-state index >= 15 is 0 Å². The fraction of sp³-hybridized carbons (Fsp3) is 0.350. The van der Waals surface area contributed by atoms with Gasteiger partial charge in [0.25, 0.3) is 5.89 Å². The number of ether oxygens (including phenoxy) is 2. The summed E-state index contributed by atoms with van der Waals surface area (Å²) in [6.07, 6.45) is -0.0834. The molecule has 0 aliphatic carbocycles. The number of nitrogens with one attached hydrogen (secondary N) is 1. The summed E-state index contributed by atoms with van der Waals surface area (Å²) in [5, 5.41) is 8.60. The second-order valence-corrected chi connectivity index (χ2v) is 9.94. The van der Waals surface area contributed by atoms with Crippen LogP contribution in [-0.2, 0) is 26.1 Å². The quantitative estimate of drug-likeness (QED) is 0.500. The summed E-state index contributed by atoms with van der Waals surface area (Å²) >= 11 is 1.38. The molecule has 0 bridgehead atoms. The molecule has 0 spiro atoms. The Hall–Kier alpha value is -3.00. The number of aryl methyl sites for hydroxylation is 1. The average molecular weight is 495 g/mol. The Bertz CT molecular complexity index is 1280. The Morgan fingerprint density at radius 2 is 2.06 bits per heavy atom. The van der Waals surface area contributed by atoms with Gasteiger partial charge in [-0.25, -0.2) is 13.2 Å². The number of carbonyl (C=O) groups excluding carboxylic acids is 1. The minimum atomic E-state index is -3.75. The third-order valence-electron chi connectivity index (χ3n) is 4.94. The molecule has 1 saturated heterocycles. The first-order valence-corrected chi connectivity index (χ1v) is 12.4. The fourth-order valence-electron chi connectivity index (χ4n) is 3.25. The van der Waals surface area contributed by atoms with Crippen LogP contribution in [0.1, 0.15) is 6.42 Å². The van der Waals surface area contributed by atoms with E-state index in [0.717, 1.165) is 4.68 Å². The second kappa shape index (κ2) is 9.87. The Morgan fingerprint density at radius 1 is 1.27 bits per heavy atom. The van der Waals surface area contributed by atoms with Crippen LogP contribution in [-0.4, -0.2) is 61.8 Å². The zero-order valence-electron chi connectivity index (χ0n) is 17.7. The molecule has 176 valence electrons. The van der Waals surface area contributed by atoms with Crippen LogP contribution in [0, 0.1) is 0 Å². The van der Waals surface area contributed by atoms with Gasteiger partial charge in [-0.15, -0.1) is 16.4 Å². The molecule has 3 aromatic rings. The van der Waals surface area contributed by atoms with Crippen molar-refractivity contribution in [1.82, 2.24) is 14.1 Å². The molecule has 1 aliphatic heterocycles. The third kappa shape index (κ3) is 5.16. The highest BCUT2D eigenvalue weighted by molar-refractivity contribution is 7.89. The number of hydrogen-bond acceptors (Lipinski definition) is 9. The monoisotopic (exact) mass is 494 g/mol. The lowest BCUT2D eigenvalue weighted by Crippen LogP contribution is -2.40. The van der Waals surface area contributed by atoms with Crippen molar-refractivity contribution in [1.29, 1.82) is 0 Å². The maximum absolute atomic E-state index is 12.9. The maximum atomic E-state index is 12.9. The molecule has 2 aromatic heterocycles. The van der Waals surface area contributed by atoms with Gasteiger partial charge >= 0.3 is 5.76 Å². The van der Waals surface area contributed by atoms with Gasteiger partial charge in [0, 0.05) is 19.5 Å². The predicted octanol–water partition coefficient (Wildman–Crippen LogP) is 1.62. The molecule has 4 rings (SSSR count). The zero-order chi connectivity index (χ0) is 23.4. The number of benzene rings is 1. The normalized spacial score (nSPS) is 14.8. The molecule has 11 nitrogen and oxygen atoms in total. The van der Waals surface area contributed by atoms with E-state index in [1.165, 1.54) is 41.0 Å². The van der Waals surface area contributed by atoms with Gasteiger partial charge < -0.3 is 19.2 Å². The molecule has 13 heteroatoms. The largest absolute Gasteiger partial charge is 0.495 e. The summed E-state index contributed by atoms with van der Waals surface area (Å²) < 4.78 is 43.9. The van der Waals surface area contributed by atoms with E-state index in [-0.39, 0.29) is 42.5 Å². The minimum Gasteiger partial charge on any atom is -0.495 e. The van der Waals surface area contributed by atoms with E-state index in [1.54, 1.807) is 6.07 Å². The van der Waals surface area contributed by atoms with Crippen LogP contribution in [0.15, 0.2) is 49.8 Å². The number of thiophene rings is 1. The standard InChI is InChI=1S/C20H22N4O7S2/c1-29-16-5-4-14(33(27,28)23-8-10-30-11-9-23)13-15(16)21-18(25)6-7-24-20(26)31-19(22-24)17-3-2-12-32-17/h2-5,12-13H,6-11H2,1H3,(H,21,25). The lowest BCUT2D eigenvalue weighted by atomic mass is 10.2. The molecule has 1 N–H and O–H groups in total. The molecular weight excluding hydrogens is 472 g/mol. The highest BCUT2D eigenvalue weighted by atomic mass is 32.2. The molecule has 0 unspecified atom stereocenters. The number of nitrogens with zero attached hydrogens (tertiary/aromatic N) is 3. The van der Waals surface area contributed by atoms with Gasteiger partial charge in [0.05, 0.1) is 42.3 Å². The van der Waals surface area contributed by atoms with Crippen LogP contribution in [0.2, 0.25) is 0 Å². The van der Waals surface area contributed by atoms with E-state index in [1.807, 2.05) is 11.4 Å². The molecule has 3 heterocycles. The lowest BCUT2D eigenvalue weighted by Gasteiger charge is -2.26. The van der Waals surface area contributed by atoms with E-state index < -0.39 is 21.7 Å². The van der Waals surface area contributed by atoms with Gasteiger partial charge in [0.15, 0.2) is 0 Å². The third-order valence-corrected chi connectivity index (χ3v) is 7.69. The smallest absolute Gasteiger partial charge is 0.437 e. The summed E-state index contributed by atoms with van der Waals surface area (Å²) in [7, 11) is -2.33. The average Bonchev–Trinajstić information content (AvgIpc) is 3.48. The number of methoxy groups -OCH3 is 1. The Labute approximate surface area is 193 Å². The van der Waals surface area contributed by atoms with Gasteiger partial charge in [0.1, 0.15) is 5.75 Å². The van der Waals surface area contributed by atoms with Crippen LogP contribution in [0.3, 0.4) is 0 Å². The van der Waals surface area contributed by atoms with Crippen LogP contribution >= 0.6 is 11.3 Å². The van der Waals surface area contributed by atoms with E-state index in [2.05, 4.69) is 10.4 Å². The molecule has 0 saturated carbocycles. The first-order valence-electron chi connectivity index (χ1n) is 10.1. The van der Waals surface area contributed by atoms with E-state index in [0.29, 0.717) is 23.8 Å². The minimum absolute atomic E-state index is 0.00632. The first-order chi connectivity index (χ1) is 15.9. The summed E-state index contributed by atoms with van der Waals surface area (Å²) in [6, 6.07) is 7.86. The Balaban J connectivity index is 1.46. The topological polar surface area (TPSA) is 133 Å². The summed E-state index contributed by atoms with van der Waals surface area (Å²) in [5.74, 6) is -0.606. The van der Waals surface area contributed by atoms with Crippen LogP contribution in [0.25, 0.3) is 10.8 Å². The number of carbonyl (C=O) groups is 1. The van der Waals surface area contributed by atoms with Gasteiger partial charge in [0.2, 0.25) is 15.9 Å². The van der Waals surface area contributed by atoms with Crippen molar-refractivity contribution in [3.05, 3.63) is 46.3 Å². The van der Waals surface area contributed by atoms with Gasteiger partial charge in [-0.1, -0.05) is 6.07 Å². The summed E-state index contributed by atoms with van der Waals surface area (Å²) in [6.45, 7) is 1.17. The molecular formula is C20H22N4O7S2. The number of rotatable bonds is 8. The highest BCUT2D eigenvalue weighted by Crippen LogP contribution is 2.29. The summed E-state index contributed by atoms with van der Waals surface area (Å²) in [5.41, 5.74) is 0.212. The van der Waals surface area contributed by atoms with Crippen molar-refractivity contribution in [3.63, 3.8) is 0 Å². The molecule has 1 fully saturated rings. The molecule has 1 aliphatic rings. The van der Waals surface area contributed by atoms with Crippen LogP contribution in [0.5, 0.6) is 5.75 Å². The maximum Gasteiger partial charge on any atom is 0.437 e. The Morgan fingerprint density at radius 3 is 2.76 bits per heavy atom. The van der Waals surface area contributed by atoms with Crippen molar-refractivity contribution in [3.8, 4) is 16.5 Å². The number of hydrogen-bond donors (Lipinski definition) is 1. The van der Waals surface area contributed by atoms with E-state index in [9.17, 15) is 18.0 Å². The molecule has 0 atom stereocenters. The van der Waals surface area contributed by atoms with Crippen molar-refractivity contribution in [2.24, 2.45) is 0 Å². The highest BCUT2D eigenvalue weighted by Gasteiger charge is 2.27. The van der Waals surface area contributed by atoms with Gasteiger partial charge in [-0.2, -0.15) is 8.99 Å². The summed E-state index contributed by atoms with van der Waals surface area (Å²) in [4.78, 5) is 25.3. The van der Waals surface area contributed by atoms with Crippen LogP contribution < -0.4 is 15.8 Å². The predicted molar refractivity (Wildman–Crippen MR) is 120 cm³/mol. The molecule has 33 heavy (non-hydrogen) atoms. The SMILES string of the molecule is COc1ccc(S(=O)(=O)N2CCOCC2)cc1NC(=O)CCn1nc(-c2cccs2)oc1=O. The zero-order valence-corrected chi connectivity index (χ0v) is 19.4. The number of amides is 1. The lowest BCUT2D eigenvalue weighted by molar-refractivity contribution is -0.116. The van der Waals surface area contributed by atoms with Crippen molar-refractivity contribution < 1.29 is 27.1 Å². The molecule has 0 radical (unpaired) electrons. The fourth-order valence-corrected chi connectivity index (χ4v) is 5.33. The number of sulfonamides is 1. The Kier molecular flexibility index (Phi) is 6.93. The van der Waals surface area contributed by atoms with Crippen molar-refractivity contribution >= 4 is 33.0 Å².